The summed E-state index contributed by atoms with van der Waals surface area (Å²) in [5.74, 6) is 1.93. The zero-order valence-corrected chi connectivity index (χ0v) is 12.9. The highest BCUT2D eigenvalue weighted by Crippen LogP contribution is 2.51. The summed E-state index contributed by atoms with van der Waals surface area (Å²) in [6, 6.07) is 3.99. The Bertz CT molecular complexity index is 581. The minimum absolute atomic E-state index is 0.249. The van der Waals surface area contributed by atoms with Crippen molar-refractivity contribution in [2.45, 2.75) is 59.0 Å². The fraction of sp³-hybridized carbons (Fsp3) is 0.556. The number of rotatable bonds is 1. The van der Waals surface area contributed by atoms with Gasteiger partial charge in [0.15, 0.2) is 0 Å². The Morgan fingerprint density at radius 3 is 2.80 bits per heavy atom. The van der Waals surface area contributed by atoms with Crippen LogP contribution in [0, 0.1) is 5.92 Å². The predicted molar refractivity (Wildman–Crippen MR) is 82.1 cm³/mol. The average molecular weight is 272 g/mol. The van der Waals surface area contributed by atoms with Crippen LogP contribution in [0.15, 0.2) is 17.7 Å². The van der Waals surface area contributed by atoms with E-state index in [1.807, 2.05) is 6.07 Å². The molecular weight excluding hydrogens is 248 g/mol. The average Bonchev–Trinajstić information content (AvgIpc) is 2.36. The zero-order chi connectivity index (χ0) is 14.5. The molecule has 1 aliphatic carbocycles. The molecule has 2 nitrogen and oxygen atoms in total. The quantitative estimate of drug-likeness (QED) is 0.803. The van der Waals surface area contributed by atoms with Crippen molar-refractivity contribution in [1.82, 2.24) is 0 Å². The lowest BCUT2D eigenvalue weighted by atomic mass is 9.74. The molecule has 20 heavy (non-hydrogen) atoms. The molecule has 2 aliphatic rings. The molecule has 3 rings (SSSR count). The van der Waals surface area contributed by atoms with E-state index in [1.54, 1.807) is 0 Å². The van der Waals surface area contributed by atoms with Crippen LogP contribution in [-0.2, 0) is 6.42 Å². The SMILES string of the molecule is CCc1cc(O)c2c(c1)OC(C)(C)C1=C2C[C@H](C)CC1. The summed E-state index contributed by atoms with van der Waals surface area (Å²) in [5.41, 5.74) is 4.53. The van der Waals surface area contributed by atoms with E-state index in [4.69, 9.17) is 4.74 Å². The molecule has 1 aliphatic heterocycles. The van der Waals surface area contributed by atoms with Gasteiger partial charge in [0.05, 0.1) is 5.56 Å². The number of aryl methyl sites for hydroxylation is 1. The van der Waals surface area contributed by atoms with E-state index >= 15 is 0 Å². The van der Waals surface area contributed by atoms with Crippen molar-refractivity contribution < 1.29 is 9.84 Å². The number of ether oxygens (including phenoxy) is 1. The normalized spacial score (nSPS) is 23.9. The lowest BCUT2D eigenvalue weighted by Crippen LogP contribution is -2.36. The maximum atomic E-state index is 10.4. The Morgan fingerprint density at radius 2 is 2.10 bits per heavy atom. The summed E-state index contributed by atoms with van der Waals surface area (Å²) in [6.07, 6.45) is 4.26. The topological polar surface area (TPSA) is 29.5 Å². The molecule has 108 valence electrons. The monoisotopic (exact) mass is 272 g/mol. The molecule has 0 spiro atoms. The summed E-state index contributed by atoms with van der Waals surface area (Å²) >= 11 is 0. The summed E-state index contributed by atoms with van der Waals surface area (Å²) in [5, 5.41) is 10.4. The van der Waals surface area contributed by atoms with E-state index in [-0.39, 0.29) is 5.60 Å². The molecule has 1 aromatic rings. The highest BCUT2D eigenvalue weighted by Gasteiger charge is 2.38. The van der Waals surface area contributed by atoms with E-state index in [9.17, 15) is 5.11 Å². The number of fused-ring (bicyclic) bond motifs is 2. The third-order valence-electron chi connectivity index (χ3n) is 4.75. The van der Waals surface area contributed by atoms with Crippen molar-refractivity contribution in [3.05, 3.63) is 28.8 Å². The lowest BCUT2D eigenvalue weighted by molar-refractivity contribution is 0.135. The first-order valence-corrected chi connectivity index (χ1v) is 7.70. The molecule has 0 saturated heterocycles. The van der Waals surface area contributed by atoms with Crippen molar-refractivity contribution in [3.8, 4) is 11.5 Å². The molecule has 0 aromatic heterocycles. The molecule has 0 bridgehead atoms. The molecular formula is C18H24O2. The second kappa shape index (κ2) is 4.54. The largest absolute Gasteiger partial charge is 0.507 e. The number of hydrogen-bond acceptors (Lipinski definition) is 2. The molecule has 0 unspecified atom stereocenters. The molecule has 2 heteroatoms. The minimum atomic E-state index is -0.249. The molecule has 0 radical (unpaired) electrons. The molecule has 1 N–H and O–H groups in total. The Hall–Kier alpha value is -1.44. The number of hydrogen-bond donors (Lipinski definition) is 1. The van der Waals surface area contributed by atoms with Gasteiger partial charge in [-0.3, -0.25) is 0 Å². The van der Waals surface area contributed by atoms with Crippen LogP contribution in [0.4, 0.5) is 0 Å². The van der Waals surface area contributed by atoms with Crippen LogP contribution in [0.2, 0.25) is 0 Å². The molecule has 0 amide bonds. The van der Waals surface area contributed by atoms with Gasteiger partial charge in [-0.15, -0.1) is 0 Å². The van der Waals surface area contributed by atoms with Gasteiger partial charge in [0.25, 0.3) is 0 Å². The smallest absolute Gasteiger partial charge is 0.132 e. The van der Waals surface area contributed by atoms with Crippen molar-refractivity contribution in [1.29, 1.82) is 0 Å². The Balaban J connectivity index is 2.21. The van der Waals surface area contributed by atoms with Crippen LogP contribution in [0.3, 0.4) is 0 Å². The van der Waals surface area contributed by atoms with Crippen LogP contribution in [-0.4, -0.2) is 10.7 Å². The van der Waals surface area contributed by atoms with Crippen LogP contribution >= 0.6 is 0 Å². The van der Waals surface area contributed by atoms with Crippen molar-refractivity contribution in [2.75, 3.05) is 0 Å². The molecule has 0 fully saturated rings. The minimum Gasteiger partial charge on any atom is -0.507 e. The maximum absolute atomic E-state index is 10.4. The first kappa shape index (κ1) is 13.5. The lowest BCUT2D eigenvalue weighted by Gasteiger charge is -2.41. The van der Waals surface area contributed by atoms with E-state index < -0.39 is 0 Å². The van der Waals surface area contributed by atoms with E-state index in [2.05, 4.69) is 33.8 Å². The number of benzene rings is 1. The fourth-order valence-electron chi connectivity index (χ4n) is 3.61. The van der Waals surface area contributed by atoms with Gasteiger partial charge in [-0.1, -0.05) is 13.8 Å². The van der Waals surface area contributed by atoms with Crippen LogP contribution < -0.4 is 4.74 Å². The molecule has 1 heterocycles. The summed E-state index contributed by atoms with van der Waals surface area (Å²) in [7, 11) is 0. The Kier molecular flexibility index (Phi) is 3.07. The van der Waals surface area contributed by atoms with Gasteiger partial charge in [-0.05, 0) is 74.3 Å². The number of aromatic hydroxyl groups is 1. The number of phenols is 1. The van der Waals surface area contributed by atoms with Gasteiger partial charge in [-0.25, -0.2) is 0 Å². The second-order valence-electron chi connectivity index (χ2n) is 6.76. The van der Waals surface area contributed by atoms with Crippen molar-refractivity contribution in [2.24, 2.45) is 5.92 Å². The summed E-state index contributed by atoms with van der Waals surface area (Å²) < 4.78 is 6.23. The zero-order valence-electron chi connectivity index (χ0n) is 12.9. The van der Waals surface area contributed by atoms with Crippen LogP contribution in [0.1, 0.15) is 58.1 Å². The highest BCUT2D eigenvalue weighted by atomic mass is 16.5. The van der Waals surface area contributed by atoms with Crippen LogP contribution in [0.25, 0.3) is 5.57 Å². The molecule has 1 atom stereocenters. The number of phenolic OH excluding ortho intramolecular Hbond substituents is 1. The van der Waals surface area contributed by atoms with Gasteiger partial charge in [0, 0.05) is 0 Å². The maximum Gasteiger partial charge on any atom is 0.132 e. The first-order chi connectivity index (χ1) is 9.42. The van der Waals surface area contributed by atoms with Gasteiger partial charge in [0.1, 0.15) is 17.1 Å². The summed E-state index contributed by atoms with van der Waals surface area (Å²) in [4.78, 5) is 0. The number of allylic oxidation sites excluding steroid dienone is 1. The molecule has 1 aromatic carbocycles. The highest BCUT2D eigenvalue weighted by molar-refractivity contribution is 5.81. The van der Waals surface area contributed by atoms with E-state index in [1.165, 1.54) is 17.6 Å². The standard InChI is InChI=1S/C18H24O2/c1-5-12-9-15(19)17-13-8-11(2)6-7-14(13)18(3,4)20-16(17)10-12/h9-11,19H,5-8H2,1-4H3/t11-/m1/s1. The Morgan fingerprint density at radius 1 is 1.35 bits per heavy atom. The van der Waals surface area contributed by atoms with Gasteiger partial charge in [-0.2, -0.15) is 0 Å². The third kappa shape index (κ3) is 2.02. The van der Waals surface area contributed by atoms with Gasteiger partial charge >= 0.3 is 0 Å². The summed E-state index contributed by atoms with van der Waals surface area (Å²) in [6.45, 7) is 8.69. The first-order valence-electron chi connectivity index (χ1n) is 7.70. The molecule has 0 saturated carbocycles. The predicted octanol–water partition coefficient (Wildman–Crippen LogP) is 4.70. The van der Waals surface area contributed by atoms with Gasteiger partial charge < -0.3 is 9.84 Å². The van der Waals surface area contributed by atoms with Crippen molar-refractivity contribution in [3.63, 3.8) is 0 Å². The Labute approximate surface area is 121 Å². The fourth-order valence-corrected chi connectivity index (χ4v) is 3.61. The van der Waals surface area contributed by atoms with E-state index in [0.29, 0.717) is 11.7 Å². The van der Waals surface area contributed by atoms with Crippen molar-refractivity contribution >= 4 is 5.57 Å². The van der Waals surface area contributed by atoms with Gasteiger partial charge in [0.2, 0.25) is 0 Å². The second-order valence-corrected chi connectivity index (χ2v) is 6.76. The van der Waals surface area contributed by atoms with E-state index in [0.717, 1.165) is 36.1 Å². The third-order valence-corrected chi connectivity index (χ3v) is 4.75. The van der Waals surface area contributed by atoms with Crippen LogP contribution in [0.5, 0.6) is 11.5 Å².